The molecule has 2 heterocycles. The summed E-state index contributed by atoms with van der Waals surface area (Å²) in [4.78, 5) is 15.5. The molecule has 0 unspecified atom stereocenters. The van der Waals surface area contributed by atoms with Gasteiger partial charge in [-0.25, -0.2) is 15.0 Å². The standard InChI is InChI=1S/C61H37N3O/c1-4-19-38(20-5-1)54-42-25-10-12-27-44(42)55(45-28-13-11-26-43(45)54)41-35-36-50-53(37-41)65-52-34-18-33-51(57(50)52)56-46-29-14-16-31-48(46)58(49-32-17-15-30-47(49)56)61-63-59(39-21-6-2-7-22-39)62-60(64-61)40-23-8-3-9-24-40/h1-37H. The minimum Gasteiger partial charge on any atom is -0.456 e. The van der Waals surface area contributed by atoms with Crippen molar-refractivity contribution < 1.29 is 4.42 Å². The smallest absolute Gasteiger partial charge is 0.165 e. The van der Waals surface area contributed by atoms with Gasteiger partial charge in [0.1, 0.15) is 11.2 Å². The Morgan fingerprint density at radius 1 is 0.246 bits per heavy atom. The van der Waals surface area contributed by atoms with Crippen LogP contribution in [0.4, 0.5) is 0 Å². The van der Waals surface area contributed by atoms with Crippen LogP contribution in [-0.2, 0) is 0 Å². The number of hydrogen-bond donors (Lipinski definition) is 0. The van der Waals surface area contributed by atoms with Gasteiger partial charge in [-0.15, -0.1) is 0 Å². The summed E-state index contributed by atoms with van der Waals surface area (Å²) < 4.78 is 6.89. The lowest BCUT2D eigenvalue weighted by Crippen LogP contribution is -2.01. The molecule has 0 amide bonds. The molecule has 0 atom stereocenters. The zero-order chi connectivity index (χ0) is 42.8. The van der Waals surface area contributed by atoms with Crippen LogP contribution in [0.3, 0.4) is 0 Å². The van der Waals surface area contributed by atoms with Crippen LogP contribution in [0.5, 0.6) is 0 Å². The normalized spacial score (nSPS) is 11.7. The van der Waals surface area contributed by atoms with E-state index in [2.05, 4.69) is 188 Å². The molecule has 0 bridgehead atoms. The number of aromatic nitrogens is 3. The van der Waals surface area contributed by atoms with E-state index in [1.165, 1.54) is 38.2 Å². The molecule has 11 aromatic carbocycles. The second-order valence-electron chi connectivity index (χ2n) is 16.6. The van der Waals surface area contributed by atoms with Crippen molar-refractivity contribution in [2.75, 3.05) is 0 Å². The van der Waals surface area contributed by atoms with Crippen molar-refractivity contribution in [3.63, 3.8) is 0 Å². The van der Waals surface area contributed by atoms with E-state index < -0.39 is 0 Å². The fraction of sp³-hybridized carbons (Fsp3) is 0. The van der Waals surface area contributed by atoms with Gasteiger partial charge in [0.15, 0.2) is 17.5 Å². The number of hydrogen-bond acceptors (Lipinski definition) is 4. The van der Waals surface area contributed by atoms with Gasteiger partial charge in [0.2, 0.25) is 0 Å². The van der Waals surface area contributed by atoms with Gasteiger partial charge in [0.05, 0.1) is 0 Å². The zero-order valence-electron chi connectivity index (χ0n) is 35.1. The molecule has 0 fully saturated rings. The van der Waals surface area contributed by atoms with Crippen molar-refractivity contribution in [1.82, 2.24) is 15.0 Å². The van der Waals surface area contributed by atoms with Crippen LogP contribution in [0, 0.1) is 0 Å². The highest BCUT2D eigenvalue weighted by molar-refractivity contribution is 6.26. The van der Waals surface area contributed by atoms with Crippen molar-refractivity contribution in [2.45, 2.75) is 0 Å². The Bertz CT molecular complexity index is 3820. The molecule has 0 N–H and O–H groups in total. The van der Waals surface area contributed by atoms with Crippen LogP contribution in [0.2, 0.25) is 0 Å². The Hall–Kier alpha value is -8.73. The number of benzene rings is 11. The topological polar surface area (TPSA) is 51.8 Å². The molecule has 0 aliphatic heterocycles. The number of fused-ring (bicyclic) bond motifs is 7. The maximum Gasteiger partial charge on any atom is 0.165 e. The molecule has 2 aromatic heterocycles. The first-order chi connectivity index (χ1) is 32.3. The van der Waals surface area contributed by atoms with E-state index in [1.807, 2.05) is 36.4 Å². The molecule has 0 aliphatic rings. The molecular formula is C61H37N3O. The van der Waals surface area contributed by atoms with Crippen LogP contribution in [0.1, 0.15) is 0 Å². The third-order valence-corrected chi connectivity index (χ3v) is 12.9. The highest BCUT2D eigenvalue weighted by Crippen LogP contribution is 2.48. The first kappa shape index (κ1) is 36.9. The van der Waals surface area contributed by atoms with Crippen LogP contribution in [0.25, 0.3) is 133 Å². The fourth-order valence-corrected chi connectivity index (χ4v) is 10.1. The van der Waals surface area contributed by atoms with Gasteiger partial charge in [-0.1, -0.05) is 206 Å². The van der Waals surface area contributed by atoms with Crippen molar-refractivity contribution in [2.24, 2.45) is 0 Å². The molecule has 0 saturated carbocycles. The zero-order valence-corrected chi connectivity index (χ0v) is 35.1. The van der Waals surface area contributed by atoms with Gasteiger partial charge < -0.3 is 4.42 Å². The van der Waals surface area contributed by atoms with Gasteiger partial charge in [-0.3, -0.25) is 0 Å². The summed E-state index contributed by atoms with van der Waals surface area (Å²) in [6.07, 6.45) is 0. The molecule has 0 radical (unpaired) electrons. The highest BCUT2D eigenvalue weighted by atomic mass is 16.3. The first-order valence-corrected chi connectivity index (χ1v) is 22.0. The van der Waals surface area contributed by atoms with Crippen molar-refractivity contribution in [3.8, 4) is 67.5 Å². The molecular weight excluding hydrogens is 791 g/mol. The quantitative estimate of drug-likeness (QED) is 0.157. The summed E-state index contributed by atoms with van der Waals surface area (Å²) in [6, 6.07) is 79.2. The first-order valence-electron chi connectivity index (χ1n) is 22.0. The van der Waals surface area contributed by atoms with E-state index in [1.54, 1.807) is 0 Å². The predicted molar refractivity (Wildman–Crippen MR) is 270 cm³/mol. The van der Waals surface area contributed by atoms with Crippen LogP contribution >= 0.6 is 0 Å². The fourth-order valence-electron chi connectivity index (χ4n) is 10.1. The van der Waals surface area contributed by atoms with Crippen LogP contribution in [0.15, 0.2) is 229 Å². The summed E-state index contributed by atoms with van der Waals surface area (Å²) >= 11 is 0. The minimum atomic E-state index is 0.632. The minimum absolute atomic E-state index is 0.632. The lowest BCUT2D eigenvalue weighted by atomic mass is 9.85. The molecule has 65 heavy (non-hydrogen) atoms. The van der Waals surface area contributed by atoms with E-state index in [0.717, 1.165) is 76.9 Å². The maximum absolute atomic E-state index is 6.89. The van der Waals surface area contributed by atoms with Gasteiger partial charge in [0, 0.05) is 27.5 Å². The van der Waals surface area contributed by atoms with E-state index in [0.29, 0.717) is 17.5 Å². The Balaban J connectivity index is 1.04. The third-order valence-electron chi connectivity index (χ3n) is 12.9. The number of furan rings is 1. The van der Waals surface area contributed by atoms with E-state index in [-0.39, 0.29) is 0 Å². The molecule has 4 nitrogen and oxygen atoms in total. The molecule has 13 aromatic rings. The summed E-state index contributed by atoms with van der Waals surface area (Å²) in [5.74, 6) is 1.90. The average Bonchev–Trinajstić information content (AvgIpc) is 3.76. The van der Waals surface area contributed by atoms with Gasteiger partial charge >= 0.3 is 0 Å². The Kier molecular flexibility index (Phi) is 8.50. The Morgan fingerprint density at radius 3 is 1.14 bits per heavy atom. The lowest BCUT2D eigenvalue weighted by Gasteiger charge is -2.18. The maximum atomic E-state index is 6.89. The Morgan fingerprint density at radius 2 is 0.646 bits per heavy atom. The van der Waals surface area contributed by atoms with E-state index >= 15 is 0 Å². The number of rotatable bonds is 6. The van der Waals surface area contributed by atoms with E-state index in [9.17, 15) is 0 Å². The monoisotopic (exact) mass is 827 g/mol. The van der Waals surface area contributed by atoms with Crippen molar-refractivity contribution in [1.29, 1.82) is 0 Å². The second kappa shape index (κ2) is 15.0. The van der Waals surface area contributed by atoms with Gasteiger partial charge in [-0.2, -0.15) is 0 Å². The van der Waals surface area contributed by atoms with Crippen LogP contribution < -0.4 is 0 Å². The molecule has 302 valence electrons. The molecule has 13 rings (SSSR count). The van der Waals surface area contributed by atoms with Crippen LogP contribution in [-0.4, -0.2) is 15.0 Å². The molecule has 4 heteroatoms. The molecule has 0 aliphatic carbocycles. The van der Waals surface area contributed by atoms with Gasteiger partial charge in [0.25, 0.3) is 0 Å². The summed E-state index contributed by atoms with van der Waals surface area (Å²) in [6.45, 7) is 0. The summed E-state index contributed by atoms with van der Waals surface area (Å²) in [5.41, 5.74) is 11.6. The van der Waals surface area contributed by atoms with Crippen molar-refractivity contribution >= 4 is 65.0 Å². The number of nitrogens with zero attached hydrogens (tertiary/aromatic N) is 3. The Labute approximate surface area is 374 Å². The summed E-state index contributed by atoms with van der Waals surface area (Å²) in [5, 5.41) is 11.4. The average molecular weight is 828 g/mol. The predicted octanol–water partition coefficient (Wildman–Crippen LogP) is 16.4. The summed E-state index contributed by atoms with van der Waals surface area (Å²) in [7, 11) is 0. The SMILES string of the molecule is c1ccc(-c2nc(-c3ccccc3)nc(-c3c4ccccc4c(-c4cccc5oc6cc(-c7c8ccccc8c(-c8ccccc8)c8ccccc78)ccc6c45)c4ccccc34)n2)cc1. The molecule has 0 saturated heterocycles. The largest absolute Gasteiger partial charge is 0.456 e. The molecule has 0 spiro atoms. The highest BCUT2D eigenvalue weighted by Gasteiger charge is 2.24. The lowest BCUT2D eigenvalue weighted by molar-refractivity contribution is 0.669. The van der Waals surface area contributed by atoms with E-state index in [4.69, 9.17) is 19.4 Å². The third kappa shape index (κ3) is 5.96. The van der Waals surface area contributed by atoms with Gasteiger partial charge in [-0.05, 0) is 94.7 Å². The van der Waals surface area contributed by atoms with Crippen molar-refractivity contribution in [3.05, 3.63) is 224 Å². The second-order valence-corrected chi connectivity index (χ2v) is 16.6.